The molecule has 1 atom stereocenters. The lowest BCUT2D eigenvalue weighted by molar-refractivity contribution is 0.214. The van der Waals surface area contributed by atoms with Crippen LogP contribution in [0.4, 0.5) is 0 Å². The number of aromatic nitrogens is 1. The van der Waals surface area contributed by atoms with E-state index in [9.17, 15) is 5.11 Å². The largest absolute Gasteiger partial charge is 0.481 e. The Morgan fingerprint density at radius 1 is 1.47 bits per heavy atom. The zero-order valence-corrected chi connectivity index (χ0v) is 9.07. The van der Waals surface area contributed by atoms with Gasteiger partial charge in [0.15, 0.2) is 0 Å². The molecule has 3 nitrogen and oxygen atoms in total. The van der Waals surface area contributed by atoms with E-state index in [4.69, 9.17) is 4.74 Å². The summed E-state index contributed by atoms with van der Waals surface area (Å²) in [6.45, 7) is 0. The summed E-state index contributed by atoms with van der Waals surface area (Å²) in [5.41, 5.74) is 1.56. The van der Waals surface area contributed by atoms with E-state index in [-0.39, 0.29) is 0 Å². The SMILES string of the molecule is COc1ncccc1C(O)c1ccsc1. The van der Waals surface area contributed by atoms with Crippen LogP contribution >= 0.6 is 11.3 Å². The third-order valence-corrected chi connectivity index (χ3v) is 2.85. The molecule has 0 saturated heterocycles. The lowest BCUT2D eigenvalue weighted by Crippen LogP contribution is -2.02. The van der Waals surface area contributed by atoms with E-state index in [1.807, 2.05) is 22.9 Å². The first-order valence-electron chi connectivity index (χ1n) is 4.52. The zero-order chi connectivity index (χ0) is 10.7. The second-order valence-electron chi connectivity index (χ2n) is 3.06. The normalized spacial score (nSPS) is 12.4. The molecule has 0 amide bonds. The molecule has 15 heavy (non-hydrogen) atoms. The van der Waals surface area contributed by atoms with Crippen LogP contribution in [-0.4, -0.2) is 17.2 Å². The van der Waals surface area contributed by atoms with Gasteiger partial charge in [-0.2, -0.15) is 11.3 Å². The van der Waals surface area contributed by atoms with Crippen LogP contribution in [0, 0.1) is 0 Å². The Morgan fingerprint density at radius 3 is 3.00 bits per heavy atom. The molecule has 0 spiro atoms. The van der Waals surface area contributed by atoms with Gasteiger partial charge in [0.2, 0.25) is 5.88 Å². The van der Waals surface area contributed by atoms with Gasteiger partial charge in [-0.25, -0.2) is 4.98 Å². The third-order valence-electron chi connectivity index (χ3n) is 2.15. The average Bonchev–Trinajstić information content (AvgIpc) is 2.81. The first-order chi connectivity index (χ1) is 7.33. The van der Waals surface area contributed by atoms with Gasteiger partial charge in [0.05, 0.1) is 7.11 Å². The number of hydrogen-bond acceptors (Lipinski definition) is 4. The number of aliphatic hydroxyl groups is 1. The molecule has 4 heteroatoms. The van der Waals surface area contributed by atoms with Gasteiger partial charge in [0, 0.05) is 11.8 Å². The highest BCUT2D eigenvalue weighted by Crippen LogP contribution is 2.28. The van der Waals surface area contributed by atoms with Crippen molar-refractivity contribution in [3.05, 3.63) is 46.3 Å². The summed E-state index contributed by atoms with van der Waals surface area (Å²) in [6.07, 6.45) is 0.975. The average molecular weight is 221 g/mol. The molecular formula is C11H11NO2S. The molecule has 0 fully saturated rings. The summed E-state index contributed by atoms with van der Waals surface area (Å²) in [6, 6.07) is 5.49. The van der Waals surface area contributed by atoms with Crippen LogP contribution in [0.15, 0.2) is 35.2 Å². The van der Waals surface area contributed by atoms with Crippen molar-refractivity contribution in [2.45, 2.75) is 6.10 Å². The van der Waals surface area contributed by atoms with Crippen molar-refractivity contribution in [1.82, 2.24) is 4.98 Å². The van der Waals surface area contributed by atoms with E-state index in [0.29, 0.717) is 11.4 Å². The molecule has 1 N–H and O–H groups in total. The van der Waals surface area contributed by atoms with Gasteiger partial charge in [0.1, 0.15) is 6.10 Å². The minimum atomic E-state index is -0.667. The van der Waals surface area contributed by atoms with E-state index in [1.54, 1.807) is 30.7 Å². The molecule has 2 aromatic rings. The summed E-state index contributed by atoms with van der Waals surface area (Å²) >= 11 is 1.55. The smallest absolute Gasteiger partial charge is 0.219 e. The molecule has 0 radical (unpaired) electrons. The zero-order valence-electron chi connectivity index (χ0n) is 8.25. The first kappa shape index (κ1) is 10.1. The molecule has 0 aliphatic heterocycles. The van der Waals surface area contributed by atoms with Crippen LogP contribution in [0.1, 0.15) is 17.2 Å². The number of nitrogens with zero attached hydrogens (tertiary/aromatic N) is 1. The van der Waals surface area contributed by atoms with Crippen molar-refractivity contribution in [2.24, 2.45) is 0 Å². The number of thiophene rings is 1. The standard InChI is InChI=1S/C11H11NO2S/c1-14-11-9(3-2-5-12-11)10(13)8-4-6-15-7-8/h2-7,10,13H,1H3. The lowest BCUT2D eigenvalue weighted by Gasteiger charge is -2.12. The van der Waals surface area contributed by atoms with Gasteiger partial charge < -0.3 is 9.84 Å². The van der Waals surface area contributed by atoms with E-state index >= 15 is 0 Å². The van der Waals surface area contributed by atoms with Crippen LogP contribution in [0.5, 0.6) is 5.88 Å². The summed E-state index contributed by atoms with van der Waals surface area (Å²) in [5.74, 6) is 0.469. The van der Waals surface area contributed by atoms with Crippen molar-refractivity contribution in [3.8, 4) is 5.88 Å². The van der Waals surface area contributed by atoms with Crippen LogP contribution in [-0.2, 0) is 0 Å². The van der Waals surface area contributed by atoms with E-state index in [2.05, 4.69) is 4.98 Å². The number of ether oxygens (including phenoxy) is 1. The Morgan fingerprint density at radius 2 is 2.33 bits per heavy atom. The Balaban J connectivity index is 2.37. The van der Waals surface area contributed by atoms with E-state index < -0.39 is 6.10 Å². The first-order valence-corrected chi connectivity index (χ1v) is 5.46. The van der Waals surface area contributed by atoms with Gasteiger partial charge in [0.25, 0.3) is 0 Å². The fraction of sp³-hybridized carbons (Fsp3) is 0.182. The quantitative estimate of drug-likeness (QED) is 0.864. The highest BCUT2D eigenvalue weighted by molar-refractivity contribution is 7.07. The highest BCUT2D eigenvalue weighted by Gasteiger charge is 2.15. The molecule has 1 unspecified atom stereocenters. The van der Waals surface area contributed by atoms with Crippen LogP contribution in [0.25, 0.3) is 0 Å². The summed E-state index contributed by atoms with van der Waals surface area (Å²) in [5, 5.41) is 13.9. The number of pyridine rings is 1. The maximum atomic E-state index is 10.1. The van der Waals surface area contributed by atoms with Crippen molar-refractivity contribution < 1.29 is 9.84 Å². The lowest BCUT2D eigenvalue weighted by atomic mass is 10.1. The van der Waals surface area contributed by atoms with Gasteiger partial charge in [-0.15, -0.1) is 0 Å². The second kappa shape index (κ2) is 4.42. The van der Waals surface area contributed by atoms with Gasteiger partial charge in [-0.1, -0.05) is 0 Å². The van der Waals surface area contributed by atoms with Crippen LogP contribution in [0.2, 0.25) is 0 Å². The highest BCUT2D eigenvalue weighted by atomic mass is 32.1. The fourth-order valence-electron chi connectivity index (χ4n) is 1.39. The number of methoxy groups -OCH3 is 1. The van der Waals surface area contributed by atoms with Crippen molar-refractivity contribution in [3.63, 3.8) is 0 Å². The van der Waals surface area contributed by atoms with Crippen LogP contribution < -0.4 is 4.74 Å². The fourth-order valence-corrected chi connectivity index (χ4v) is 2.07. The third kappa shape index (κ3) is 2.00. The van der Waals surface area contributed by atoms with Crippen LogP contribution in [0.3, 0.4) is 0 Å². The van der Waals surface area contributed by atoms with Gasteiger partial charge >= 0.3 is 0 Å². The predicted molar refractivity (Wildman–Crippen MR) is 59.2 cm³/mol. The minimum absolute atomic E-state index is 0.469. The number of aliphatic hydroxyl groups excluding tert-OH is 1. The Hall–Kier alpha value is -1.39. The molecule has 0 aromatic carbocycles. The molecule has 2 rings (SSSR count). The molecule has 0 aliphatic rings. The molecule has 0 bridgehead atoms. The summed E-state index contributed by atoms with van der Waals surface area (Å²) < 4.78 is 5.10. The second-order valence-corrected chi connectivity index (χ2v) is 3.84. The molecule has 78 valence electrons. The van der Waals surface area contributed by atoms with Crippen molar-refractivity contribution in [1.29, 1.82) is 0 Å². The van der Waals surface area contributed by atoms with E-state index in [1.165, 1.54) is 0 Å². The Kier molecular flexibility index (Phi) is 2.99. The van der Waals surface area contributed by atoms with E-state index in [0.717, 1.165) is 5.56 Å². The monoisotopic (exact) mass is 221 g/mol. The summed E-state index contributed by atoms with van der Waals surface area (Å²) in [4.78, 5) is 4.05. The Bertz CT molecular complexity index is 428. The Labute approximate surface area is 92.0 Å². The number of rotatable bonds is 3. The maximum Gasteiger partial charge on any atom is 0.219 e. The molecule has 0 aliphatic carbocycles. The molecular weight excluding hydrogens is 210 g/mol. The van der Waals surface area contributed by atoms with Crippen molar-refractivity contribution >= 4 is 11.3 Å². The molecule has 2 aromatic heterocycles. The summed E-state index contributed by atoms with van der Waals surface area (Å²) in [7, 11) is 1.55. The molecule has 2 heterocycles. The van der Waals surface area contributed by atoms with Gasteiger partial charge in [-0.05, 0) is 34.5 Å². The molecule has 0 saturated carbocycles. The maximum absolute atomic E-state index is 10.1. The minimum Gasteiger partial charge on any atom is -0.481 e. The van der Waals surface area contributed by atoms with Crippen molar-refractivity contribution in [2.75, 3.05) is 7.11 Å². The van der Waals surface area contributed by atoms with Gasteiger partial charge in [-0.3, -0.25) is 0 Å². The predicted octanol–water partition coefficient (Wildman–Crippen LogP) is 2.23. The number of hydrogen-bond donors (Lipinski definition) is 1. The topological polar surface area (TPSA) is 42.4 Å².